The van der Waals surface area contributed by atoms with Gasteiger partial charge < -0.3 is 24.3 Å². The van der Waals surface area contributed by atoms with Crippen molar-refractivity contribution < 1.29 is 18.7 Å². The second kappa shape index (κ2) is 14.4. The van der Waals surface area contributed by atoms with Gasteiger partial charge in [-0.25, -0.2) is 4.98 Å². The average molecular weight is 584 g/mol. The van der Waals surface area contributed by atoms with Crippen molar-refractivity contribution in [3.05, 3.63) is 94.8 Å². The van der Waals surface area contributed by atoms with Crippen molar-refractivity contribution in [1.29, 1.82) is 5.26 Å². The summed E-state index contributed by atoms with van der Waals surface area (Å²) >= 11 is 1.46. The Morgan fingerprint density at radius 3 is 2.52 bits per heavy atom. The summed E-state index contributed by atoms with van der Waals surface area (Å²) in [6.45, 7) is 4.38. The first-order valence-corrected chi connectivity index (χ1v) is 15.0. The van der Waals surface area contributed by atoms with E-state index >= 15 is 0 Å². The number of rotatable bonds is 11. The Kier molecular flexibility index (Phi) is 9.98. The summed E-state index contributed by atoms with van der Waals surface area (Å²) in [6, 6.07) is 20.2. The predicted octanol–water partition coefficient (Wildman–Crippen LogP) is 4.62. The number of hydrogen-bond donors (Lipinski definition) is 1. The number of benzene rings is 2. The summed E-state index contributed by atoms with van der Waals surface area (Å²) < 4.78 is 11.2. The van der Waals surface area contributed by atoms with Crippen LogP contribution in [0.1, 0.15) is 34.7 Å². The summed E-state index contributed by atoms with van der Waals surface area (Å²) in [6.07, 6.45) is 3.51. The highest BCUT2D eigenvalue weighted by molar-refractivity contribution is 7.07. The second-order valence-electron chi connectivity index (χ2n) is 10.1. The molecule has 1 fully saturated rings. The van der Waals surface area contributed by atoms with E-state index in [1.165, 1.54) is 17.6 Å². The van der Waals surface area contributed by atoms with E-state index in [-0.39, 0.29) is 11.7 Å². The fourth-order valence-electron chi connectivity index (χ4n) is 4.98. The number of nitriles is 1. The smallest absolute Gasteiger partial charge is 0.287 e. The molecule has 1 atom stereocenters. The van der Waals surface area contributed by atoms with Gasteiger partial charge in [-0.1, -0.05) is 24.3 Å². The molecule has 0 aliphatic carbocycles. The van der Waals surface area contributed by atoms with Gasteiger partial charge in [-0.15, -0.1) is 11.3 Å². The average Bonchev–Trinajstić information content (AvgIpc) is 3.71. The van der Waals surface area contributed by atoms with Crippen LogP contribution in [0.5, 0.6) is 5.75 Å². The maximum absolute atomic E-state index is 13.6. The van der Waals surface area contributed by atoms with Crippen LogP contribution in [0.4, 0.5) is 0 Å². The zero-order chi connectivity index (χ0) is 29.1. The Labute approximate surface area is 249 Å². The van der Waals surface area contributed by atoms with Crippen LogP contribution in [0, 0.1) is 11.3 Å². The number of ether oxygens (including phenoxy) is 1. The zero-order valence-corrected chi connectivity index (χ0v) is 24.1. The molecule has 2 amide bonds. The van der Waals surface area contributed by atoms with Crippen LogP contribution < -0.4 is 10.1 Å². The van der Waals surface area contributed by atoms with Gasteiger partial charge in [0.25, 0.3) is 5.91 Å². The summed E-state index contributed by atoms with van der Waals surface area (Å²) in [5.74, 6) is 0.492. The van der Waals surface area contributed by atoms with Crippen LogP contribution in [0.2, 0.25) is 0 Å². The number of aromatic nitrogens is 1. The van der Waals surface area contributed by atoms with E-state index in [1.54, 1.807) is 17.6 Å². The maximum Gasteiger partial charge on any atom is 0.287 e. The normalized spacial score (nSPS) is 14.5. The Morgan fingerprint density at radius 2 is 1.83 bits per heavy atom. The summed E-state index contributed by atoms with van der Waals surface area (Å²) in [7, 11) is 0. The van der Waals surface area contributed by atoms with E-state index in [1.807, 2.05) is 58.8 Å². The highest BCUT2D eigenvalue weighted by atomic mass is 32.1. The Balaban J connectivity index is 1.08. The SMILES string of the molecule is N#Cc1ccc(-c2ccc(OCCCN3CCCN(C(=O)C(Cc4cscn4)NC(=O)c4ccco4)CC3)cc2)cc1. The predicted molar refractivity (Wildman–Crippen MR) is 160 cm³/mol. The van der Waals surface area contributed by atoms with Crippen LogP contribution in [0.15, 0.2) is 82.2 Å². The standard InChI is InChI=1S/C32H33N5O4S/c33-21-24-5-7-25(8-6-24)26-9-11-28(12-10-26)40-19-3-14-36-13-2-15-37(17-16-36)32(39)29(20-27-22-42-23-34-27)35-31(38)30-4-1-18-41-30/h1,4-12,18,22-23,29H,2-3,13-17,19-20H2,(H,35,38). The molecule has 0 bridgehead atoms. The highest BCUT2D eigenvalue weighted by Crippen LogP contribution is 2.23. The molecule has 1 N–H and O–H groups in total. The topological polar surface area (TPSA) is 112 Å². The van der Waals surface area contributed by atoms with Crippen LogP contribution >= 0.6 is 11.3 Å². The van der Waals surface area contributed by atoms with Crippen molar-refractivity contribution in [2.75, 3.05) is 39.3 Å². The fraction of sp³-hybridized carbons (Fsp3) is 0.312. The van der Waals surface area contributed by atoms with E-state index in [0.717, 1.165) is 55.0 Å². The highest BCUT2D eigenvalue weighted by Gasteiger charge is 2.29. The van der Waals surface area contributed by atoms with Crippen molar-refractivity contribution in [1.82, 2.24) is 20.1 Å². The molecule has 1 aliphatic rings. The van der Waals surface area contributed by atoms with E-state index < -0.39 is 11.9 Å². The molecule has 0 spiro atoms. The Bertz CT molecular complexity index is 1460. The van der Waals surface area contributed by atoms with Gasteiger partial charge in [-0.3, -0.25) is 9.59 Å². The van der Waals surface area contributed by atoms with Gasteiger partial charge in [0.1, 0.15) is 11.8 Å². The minimum atomic E-state index is -0.715. The molecule has 216 valence electrons. The molecule has 4 aromatic rings. The quantitative estimate of drug-likeness (QED) is 0.257. The Morgan fingerprint density at radius 1 is 1.05 bits per heavy atom. The number of amides is 2. The number of furan rings is 1. The molecule has 2 aromatic heterocycles. The molecule has 5 rings (SSSR count). The van der Waals surface area contributed by atoms with Gasteiger partial charge in [0.05, 0.1) is 35.7 Å². The first kappa shape index (κ1) is 29.0. The van der Waals surface area contributed by atoms with Gasteiger partial charge in [0, 0.05) is 38.0 Å². The van der Waals surface area contributed by atoms with Crippen LogP contribution in [-0.4, -0.2) is 72.0 Å². The van der Waals surface area contributed by atoms with Crippen molar-refractivity contribution in [2.45, 2.75) is 25.3 Å². The molecule has 1 aliphatic heterocycles. The Hall–Kier alpha value is -4.46. The molecule has 3 heterocycles. The number of carbonyl (C=O) groups is 2. The molecule has 42 heavy (non-hydrogen) atoms. The molecular formula is C32H33N5O4S. The van der Waals surface area contributed by atoms with Gasteiger partial charge in [0.2, 0.25) is 5.91 Å². The van der Waals surface area contributed by atoms with E-state index in [2.05, 4.69) is 21.3 Å². The van der Waals surface area contributed by atoms with Crippen LogP contribution in [0.3, 0.4) is 0 Å². The van der Waals surface area contributed by atoms with Crippen LogP contribution in [-0.2, 0) is 11.2 Å². The van der Waals surface area contributed by atoms with Crippen molar-refractivity contribution in [3.63, 3.8) is 0 Å². The first-order chi connectivity index (χ1) is 20.6. The van der Waals surface area contributed by atoms with Crippen LogP contribution in [0.25, 0.3) is 11.1 Å². The second-order valence-corrected chi connectivity index (χ2v) is 10.8. The number of thiazole rings is 1. The molecule has 10 heteroatoms. The summed E-state index contributed by atoms with van der Waals surface area (Å²) in [4.78, 5) is 34.8. The number of nitrogens with zero attached hydrogens (tertiary/aromatic N) is 4. The lowest BCUT2D eigenvalue weighted by molar-refractivity contribution is -0.133. The lowest BCUT2D eigenvalue weighted by Gasteiger charge is -2.26. The monoisotopic (exact) mass is 583 g/mol. The lowest BCUT2D eigenvalue weighted by atomic mass is 10.0. The minimum absolute atomic E-state index is 0.0995. The minimum Gasteiger partial charge on any atom is -0.494 e. The van der Waals surface area contributed by atoms with Gasteiger partial charge in [-0.2, -0.15) is 5.26 Å². The largest absolute Gasteiger partial charge is 0.494 e. The number of nitrogens with one attached hydrogen (secondary N) is 1. The molecule has 9 nitrogen and oxygen atoms in total. The van der Waals surface area contributed by atoms with E-state index in [0.29, 0.717) is 31.7 Å². The van der Waals surface area contributed by atoms with Gasteiger partial charge >= 0.3 is 0 Å². The third-order valence-corrected chi connectivity index (χ3v) is 7.87. The third kappa shape index (κ3) is 7.84. The molecule has 0 radical (unpaired) electrons. The molecular weight excluding hydrogens is 550 g/mol. The lowest BCUT2D eigenvalue weighted by Crippen LogP contribution is -2.50. The zero-order valence-electron chi connectivity index (χ0n) is 23.3. The van der Waals surface area contributed by atoms with Crippen molar-refractivity contribution in [3.8, 4) is 22.9 Å². The molecule has 1 unspecified atom stereocenters. The van der Waals surface area contributed by atoms with Gasteiger partial charge in [0.15, 0.2) is 5.76 Å². The number of carbonyl (C=O) groups excluding carboxylic acids is 2. The van der Waals surface area contributed by atoms with Crippen molar-refractivity contribution >= 4 is 23.2 Å². The van der Waals surface area contributed by atoms with Gasteiger partial charge in [-0.05, 0) is 66.9 Å². The van der Waals surface area contributed by atoms with E-state index in [4.69, 9.17) is 14.4 Å². The number of hydrogen-bond acceptors (Lipinski definition) is 8. The van der Waals surface area contributed by atoms with Crippen molar-refractivity contribution in [2.24, 2.45) is 0 Å². The van der Waals surface area contributed by atoms with E-state index in [9.17, 15) is 9.59 Å². The molecule has 2 aromatic carbocycles. The summed E-state index contributed by atoms with van der Waals surface area (Å²) in [5, 5.41) is 13.7. The summed E-state index contributed by atoms with van der Waals surface area (Å²) in [5.41, 5.74) is 5.28. The maximum atomic E-state index is 13.6. The third-order valence-electron chi connectivity index (χ3n) is 7.23. The molecule has 0 saturated carbocycles. The molecule has 1 saturated heterocycles. The first-order valence-electron chi connectivity index (χ1n) is 14.0. The fourth-order valence-corrected chi connectivity index (χ4v) is 5.55.